The van der Waals surface area contributed by atoms with Gasteiger partial charge in [-0.2, -0.15) is 0 Å². The number of hydrogen-bond donors (Lipinski definition) is 0. The summed E-state index contributed by atoms with van der Waals surface area (Å²) >= 11 is 0. The van der Waals surface area contributed by atoms with Crippen molar-refractivity contribution in [2.24, 2.45) is 11.8 Å². The van der Waals surface area contributed by atoms with E-state index in [1.165, 1.54) is 5.56 Å². The Balaban J connectivity index is 2.01. The molecule has 0 radical (unpaired) electrons. The van der Waals surface area contributed by atoms with Gasteiger partial charge in [0, 0.05) is 12.8 Å². The minimum absolute atomic E-state index is 0.363. The molecule has 1 saturated carbocycles. The van der Waals surface area contributed by atoms with Gasteiger partial charge in [-0.05, 0) is 23.8 Å². The Morgan fingerprint density at radius 2 is 1.82 bits per heavy atom. The maximum absolute atomic E-state index is 11.6. The van der Waals surface area contributed by atoms with Crippen molar-refractivity contribution in [1.82, 2.24) is 0 Å². The third kappa shape index (κ3) is 3.42. The third-order valence-corrected chi connectivity index (χ3v) is 3.28. The van der Waals surface area contributed by atoms with Crippen molar-refractivity contribution >= 4 is 11.9 Å². The third-order valence-electron chi connectivity index (χ3n) is 3.28. The molecular formula is C16H18O. The maximum Gasteiger partial charge on any atom is 0.134 e. The molecule has 88 valence electrons. The summed E-state index contributed by atoms with van der Waals surface area (Å²) in [5.74, 6) is 1.10. The molecule has 0 bridgehead atoms. The lowest BCUT2D eigenvalue weighted by Gasteiger charge is -2.23. The molecule has 0 N–H and O–H groups in total. The molecule has 2 atom stereocenters. The number of benzene rings is 1. The normalized spacial score (nSPS) is 25.1. The fourth-order valence-electron chi connectivity index (χ4n) is 2.36. The molecule has 1 heteroatoms. The summed E-state index contributed by atoms with van der Waals surface area (Å²) in [5, 5.41) is 0. The van der Waals surface area contributed by atoms with E-state index in [-0.39, 0.29) is 0 Å². The van der Waals surface area contributed by atoms with E-state index in [1.807, 2.05) is 24.3 Å². The average molecular weight is 226 g/mol. The number of carbonyl (C=O) groups is 1. The van der Waals surface area contributed by atoms with Crippen LogP contribution in [-0.2, 0) is 4.79 Å². The molecule has 1 aliphatic carbocycles. The van der Waals surface area contributed by atoms with Crippen LogP contribution in [0, 0.1) is 11.8 Å². The van der Waals surface area contributed by atoms with Crippen LogP contribution in [0.5, 0.6) is 0 Å². The van der Waals surface area contributed by atoms with E-state index in [2.05, 4.69) is 30.9 Å². The SMILES string of the molecule is C=C[C@@H]1CC(=O)C[C@H](/C=C/c2ccccc2)C1. The fourth-order valence-corrected chi connectivity index (χ4v) is 2.36. The molecule has 2 rings (SSSR count). The molecule has 1 aliphatic rings. The molecule has 1 nitrogen and oxygen atoms in total. The Morgan fingerprint density at radius 1 is 1.12 bits per heavy atom. The Morgan fingerprint density at radius 3 is 2.53 bits per heavy atom. The van der Waals surface area contributed by atoms with Crippen LogP contribution in [0.25, 0.3) is 6.08 Å². The number of rotatable bonds is 3. The largest absolute Gasteiger partial charge is 0.300 e. The summed E-state index contributed by atoms with van der Waals surface area (Å²) < 4.78 is 0. The van der Waals surface area contributed by atoms with Crippen molar-refractivity contribution in [2.75, 3.05) is 0 Å². The van der Waals surface area contributed by atoms with E-state index in [1.54, 1.807) is 0 Å². The molecule has 0 amide bonds. The molecule has 0 aliphatic heterocycles. The fraction of sp³-hybridized carbons (Fsp3) is 0.312. The summed E-state index contributed by atoms with van der Waals surface area (Å²) in [6, 6.07) is 10.2. The molecule has 0 unspecified atom stereocenters. The lowest BCUT2D eigenvalue weighted by atomic mass is 9.80. The first-order valence-corrected chi connectivity index (χ1v) is 6.15. The lowest BCUT2D eigenvalue weighted by Crippen LogP contribution is -2.20. The number of carbonyl (C=O) groups excluding carboxylic acids is 1. The van der Waals surface area contributed by atoms with E-state index < -0.39 is 0 Å². The maximum atomic E-state index is 11.6. The van der Waals surface area contributed by atoms with Crippen molar-refractivity contribution in [1.29, 1.82) is 0 Å². The molecule has 1 fully saturated rings. The zero-order valence-corrected chi connectivity index (χ0v) is 10.0. The van der Waals surface area contributed by atoms with Gasteiger partial charge < -0.3 is 0 Å². The molecule has 1 aromatic rings. The van der Waals surface area contributed by atoms with Gasteiger partial charge in [-0.3, -0.25) is 4.79 Å². The topological polar surface area (TPSA) is 17.1 Å². The van der Waals surface area contributed by atoms with Gasteiger partial charge >= 0.3 is 0 Å². The highest BCUT2D eigenvalue weighted by Gasteiger charge is 2.23. The van der Waals surface area contributed by atoms with Gasteiger partial charge in [0.15, 0.2) is 0 Å². The van der Waals surface area contributed by atoms with Crippen LogP contribution < -0.4 is 0 Å². The summed E-state index contributed by atoms with van der Waals surface area (Å²) in [4.78, 5) is 11.6. The highest BCUT2D eigenvalue weighted by atomic mass is 16.1. The second-order valence-electron chi connectivity index (χ2n) is 4.71. The molecule has 0 spiro atoms. The zero-order chi connectivity index (χ0) is 12.1. The predicted octanol–water partition coefficient (Wildman–Crippen LogP) is 3.87. The van der Waals surface area contributed by atoms with E-state index in [0.29, 0.717) is 30.5 Å². The number of allylic oxidation sites excluding steroid dienone is 2. The molecule has 0 saturated heterocycles. The van der Waals surface area contributed by atoms with Gasteiger partial charge in [0.25, 0.3) is 0 Å². The Labute approximate surface area is 103 Å². The molecule has 0 heterocycles. The van der Waals surface area contributed by atoms with Crippen LogP contribution in [0.1, 0.15) is 24.8 Å². The Kier molecular flexibility index (Phi) is 3.92. The minimum Gasteiger partial charge on any atom is -0.300 e. The van der Waals surface area contributed by atoms with Gasteiger partial charge in [0.2, 0.25) is 0 Å². The highest BCUT2D eigenvalue weighted by molar-refractivity contribution is 5.80. The summed E-state index contributed by atoms with van der Waals surface area (Å²) in [5.41, 5.74) is 1.20. The first-order chi connectivity index (χ1) is 8.28. The van der Waals surface area contributed by atoms with Crippen molar-refractivity contribution in [2.45, 2.75) is 19.3 Å². The smallest absolute Gasteiger partial charge is 0.134 e. The van der Waals surface area contributed by atoms with Gasteiger partial charge in [-0.15, -0.1) is 6.58 Å². The molecule has 1 aromatic carbocycles. The van der Waals surface area contributed by atoms with Crippen molar-refractivity contribution < 1.29 is 4.79 Å². The first kappa shape index (κ1) is 11.8. The monoisotopic (exact) mass is 226 g/mol. The van der Waals surface area contributed by atoms with E-state index in [0.717, 1.165) is 6.42 Å². The van der Waals surface area contributed by atoms with Gasteiger partial charge in [-0.25, -0.2) is 0 Å². The molecule has 0 aromatic heterocycles. The van der Waals surface area contributed by atoms with Crippen LogP contribution >= 0.6 is 0 Å². The Hall–Kier alpha value is -1.63. The standard InChI is InChI=1S/C16H18O/c1-2-13-10-15(12-16(17)11-13)9-8-14-6-4-3-5-7-14/h2-9,13,15H,1,10-12H2/b9-8+/t13-,15+/m0/s1. The van der Waals surface area contributed by atoms with Crippen molar-refractivity contribution in [3.8, 4) is 0 Å². The predicted molar refractivity (Wildman–Crippen MR) is 71.5 cm³/mol. The second kappa shape index (κ2) is 5.62. The second-order valence-corrected chi connectivity index (χ2v) is 4.71. The van der Waals surface area contributed by atoms with E-state index in [4.69, 9.17) is 0 Å². The molecule has 17 heavy (non-hydrogen) atoms. The van der Waals surface area contributed by atoms with Crippen LogP contribution in [-0.4, -0.2) is 5.78 Å². The summed E-state index contributed by atoms with van der Waals surface area (Å²) in [6.45, 7) is 3.80. The van der Waals surface area contributed by atoms with E-state index in [9.17, 15) is 4.79 Å². The van der Waals surface area contributed by atoms with Crippen molar-refractivity contribution in [3.05, 3.63) is 54.6 Å². The lowest BCUT2D eigenvalue weighted by molar-refractivity contribution is -0.121. The van der Waals surface area contributed by atoms with Crippen LogP contribution in [0.15, 0.2) is 49.1 Å². The first-order valence-electron chi connectivity index (χ1n) is 6.15. The quantitative estimate of drug-likeness (QED) is 0.715. The highest BCUT2D eigenvalue weighted by Crippen LogP contribution is 2.28. The van der Waals surface area contributed by atoms with Crippen LogP contribution in [0.3, 0.4) is 0 Å². The van der Waals surface area contributed by atoms with Crippen LogP contribution in [0.4, 0.5) is 0 Å². The van der Waals surface area contributed by atoms with Gasteiger partial charge in [0.1, 0.15) is 5.78 Å². The van der Waals surface area contributed by atoms with Gasteiger partial charge in [-0.1, -0.05) is 48.6 Å². The average Bonchev–Trinajstić information content (AvgIpc) is 2.37. The number of ketones is 1. The Bertz CT molecular complexity index is 416. The number of hydrogen-bond acceptors (Lipinski definition) is 1. The molecular weight excluding hydrogens is 208 g/mol. The zero-order valence-electron chi connectivity index (χ0n) is 10.0. The van der Waals surface area contributed by atoms with Gasteiger partial charge in [0.05, 0.1) is 0 Å². The number of Topliss-reactive ketones (excluding diaryl/α,β-unsaturated/α-hetero) is 1. The van der Waals surface area contributed by atoms with Crippen molar-refractivity contribution in [3.63, 3.8) is 0 Å². The summed E-state index contributed by atoms with van der Waals surface area (Å²) in [6.07, 6.45) is 8.62. The minimum atomic E-state index is 0.363. The van der Waals surface area contributed by atoms with Crippen LogP contribution in [0.2, 0.25) is 0 Å². The summed E-state index contributed by atoms with van der Waals surface area (Å²) in [7, 11) is 0. The van der Waals surface area contributed by atoms with E-state index >= 15 is 0 Å².